The van der Waals surface area contributed by atoms with Crippen LogP contribution in [0.15, 0.2) is 46.9 Å². The van der Waals surface area contributed by atoms with Gasteiger partial charge in [-0.25, -0.2) is 4.98 Å². The Labute approximate surface area is 91.4 Å². The quantitative estimate of drug-likeness (QED) is 0.734. The number of hydrogen-bond acceptors (Lipinski definition) is 2. The molecule has 0 radical (unpaired) electrons. The Hall–Kier alpha value is -1.70. The Bertz CT molecular complexity index is 568. The number of imidazole rings is 1. The Morgan fingerprint density at radius 2 is 2.20 bits per heavy atom. The van der Waals surface area contributed by atoms with E-state index < -0.39 is 0 Å². The number of thioether (sulfide) groups is 1. The molecule has 0 atom stereocenters. The summed E-state index contributed by atoms with van der Waals surface area (Å²) >= 11 is 1.62. The van der Waals surface area contributed by atoms with Crippen LogP contribution in [0.4, 0.5) is 0 Å². The van der Waals surface area contributed by atoms with Gasteiger partial charge in [-0.3, -0.25) is 0 Å². The summed E-state index contributed by atoms with van der Waals surface area (Å²) in [5, 5.41) is 3.96. The summed E-state index contributed by atoms with van der Waals surface area (Å²) in [6.07, 6.45) is 2.02. The summed E-state index contributed by atoms with van der Waals surface area (Å²) in [6.45, 7) is 0. The lowest BCUT2D eigenvalue weighted by molar-refractivity contribution is 1.27. The molecule has 72 valence electrons. The summed E-state index contributed by atoms with van der Waals surface area (Å²) in [5.74, 6) is 0.879. The lowest BCUT2D eigenvalue weighted by atomic mass is 10.3. The van der Waals surface area contributed by atoms with Crippen LogP contribution >= 0.6 is 11.8 Å². The van der Waals surface area contributed by atoms with Crippen molar-refractivity contribution in [3.63, 3.8) is 0 Å². The second-order valence-corrected chi connectivity index (χ2v) is 4.00. The average molecular weight is 212 g/mol. The molecule has 2 nitrogen and oxygen atoms in total. The Balaban J connectivity index is 2.20. The Morgan fingerprint density at radius 3 is 3.00 bits per heavy atom. The van der Waals surface area contributed by atoms with Crippen LogP contribution in [0.1, 0.15) is 5.82 Å². The minimum absolute atomic E-state index is 0.879. The molecule has 0 unspecified atom stereocenters. The fourth-order valence-electron chi connectivity index (χ4n) is 1.52. The van der Waals surface area contributed by atoms with Crippen LogP contribution in [0.2, 0.25) is 0 Å². The number of nitrogens with zero attached hydrogens (tertiary/aromatic N) is 1. The van der Waals surface area contributed by atoms with Crippen molar-refractivity contribution >= 4 is 28.4 Å². The highest BCUT2D eigenvalue weighted by atomic mass is 32.2. The number of benzene rings is 1. The van der Waals surface area contributed by atoms with Crippen LogP contribution in [0.5, 0.6) is 0 Å². The zero-order valence-corrected chi connectivity index (χ0v) is 8.71. The van der Waals surface area contributed by atoms with E-state index in [4.69, 9.17) is 0 Å². The first-order valence-corrected chi connectivity index (χ1v) is 5.60. The molecule has 1 aromatic heterocycles. The number of allylic oxidation sites excluding steroid dienone is 2. The number of aromatic amines is 1. The van der Waals surface area contributed by atoms with Crippen LogP contribution in [-0.2, 0) is 0 Å². The second kappa shape index (κ2) is 3.46. The summed E-state index contributed by atoms with van der Waals surface area (Å²) in [5.41, 5.74) is 6.23. The first-order valence-electron chi connectivity index (χ1n) is 4.66. The van der Waals surface area contributed by atoms with Gasteiger partial charge >= 0.3 is 0 Å². The maximum atomic E-state index is 4.50. The standard InChI is InChI=1S/C12H8N2S/c1-2-4-11-10(3-1)13-12(14-11)9-5-7-15-8-6-9/h1-5,7-8H,(H,13,14). The largest absolute Gasteiger partial charge is 0.337 e. The van der Waals surface area contributed by atoms with Crippen molar-refractivity contribution in [2.24, 2.45) is 0 Å². The van der Waals surface area contributed by atoms with Crippen molar-refractivity contribution in [3.05, 3.63) is 52.7 Å². The van der Waals surface area contributed by atoms with Gasteiger partial charge < -0.3 is 4.98 Å². The number of para-hydroxylation sites is 2. The monoisotopic (exact) mass is 212 g/mol. The molecule has 1 N–H and O–H groups in total. The lowest BCUT2D eigenvalue weighted by Gasteiger charge is -1.95. The van der Waals surface area contributed by atoms with E-state index in [1.54, 1.807) is 11.8 Å². The molecule has 0 bridgehead atoms. The summed E-state index contributed by atoms with van der Waals surface area (Å²) in [4.78, 5) is 7.77. The third-order valence-corrected chi connectivity index (χ3v) is 2.79. The van der Waals surface area contributed by atoms with Crippen molar-refractivity contribution in [1.82, 2.24) is 9.97 Å². The Morgan fingerprint density at radius 1 is 1.27 bits per heavy atom. The van der Waals surface area contributed by atoms with Gasteiger partial charge in [0, 0.05) is 5.41 Å². The SMILES string of the molecule is C1=CSC=CC=1c1nc2ccccc2[nH]1. The first-order chi connectivity index (χ1) is 7.43. The molecule has 1 aliphatic heterocycles. The van der Waals surface area contributed by atoms with Crippen molar-refractivity contribution in [1.29, 1.82) is 0 Å². The van der Waals surface area contributed by atoms with E-state index in [2.05, 4.69) is 15.7 Å². The van der Waals surface area contributed by atoms with Gasteiger partial charge in [0.05, 0.1) is 16.6 Å². The van der Waals surface area contributed by atoms with Gasteiger partial charge in [-0.15, -0.1) is 5.73 Å². The van der Waals surface area contributed by atoms with Crippen LogP contribution in [-0.4, -0.2) is 9.97 Å². The van der Waals surface area contributed by atoms with Crippen molar-refractivity contribution < 1.29 is 0 Å². The number of nitrogens with one attached hydrogen (secondary N) is 1. The highest BCUT2D eigenvalue weighted by molar-refractivity contribution is 8.04. The predicted molar refractivity (Wildman–Crippen MR) is 64.3 cm³/mol. The minimum Gasteiger partial charge on any atom is -0.337 e. The van der Waals surface area contributed by atoms with Crippen molar-refractivity contribution in [3.8, 4) is 0 Å². The summed E-state index contributed by atoms with van der Waals surface area (Å²) in [6, 6.07) is 8.02. The van der Waals surface area contributed by atoms with Gasteiger partial charge in [0.1, 0.15) is 5.82 Å². The number of H-pyrrole nitrogens is 1. The van der Waals surface area contributed by atoms with E-state index in [1.807, 2.05) is 41.2 Å². The van der Waals surface area contributed by atoms with Crippen LogP contribution < -0.4 is 0 Å². The molecule has 1 aromatic carbocycles. The van der Waals surface area contributed by atoms with E-state index in [1.165, 1.54) is 0 Å². The van der Waals surface area contributed by atoms with E-state index in [0.717, 1.165) is 22.4 Å². The maximum absolute atomic E-state index is 4.50. The first kappa shape index (κ1) is 8.60. The second-order valence-electron chi connectivity index (χ2n) is 3.22. The lowest BCUT2D eigenvalue weighted by Crippen LogP contribution is -1.82. The van der Waals surface area contributed by atoms with Crippen LogP contribution in [0, 0.1) is 0 Å². The third-order valence-electron chi connectivity index (χ3n) is 2.24. The normalized spacial score (nSPS) is 14.5. The predicted octanol–water partition coefficient (Wildman–Crippen LogP) is 3.32. The number of fused-ring (bicyclic) bond motifs is 1. The number of hydrogen-bond donors (Lipinski definition) is 1. The van der Waals surface area contributed by atoms with E-state index in [-0.39, 0.29) is 0 Å². The van der Waals surface area contributed by atoms with Crippen molar-refractivity contribution in [2.75, 3.05) is 0 Å². The van der Waals surface area contributed by atoms with Crippen molar-refractivity contribution in [2.45, 2.75) is 0 Å². The third kappa shape index (κ3) is 1.52. The van der Waals surface area contributed by atoms with Gasteiger partial charge in [-0.05, 0) is 23.6 Å². The van der Waals surface area contributed by atoms with E-state index in [9.17, 15) is 0 Å². The molecular formula is C12H8N2S. The smallest absolute Gasteiger partial charge is 0.146 e. The molecule has 3 heteroatoms. The Kier molecular flexibility index (Phi) is 1.98. The van der Waals surface area contributed by atoms with E-state index in [0.29, 0.717) is 0 Å². The summed E-state index contributed by atoms with van der Waals surface area (Å²) in [7, 11) is 0. The molecule has 0 spiro atoms. The topological polar surface area (TPSA) is 28.7 Å². The molecule has 1 aliphatic rings. The average Bonchev–Trinajstić information content (AvgIpc) is 2.74. The van der Waals surface area contributed by atoms with Crippen LogP contribution in [0.3, 0.4) is 0 Å². The molecular weight excluding hydrogens is 204 g/mol. The number of rotatable bonds is 1. The minimum atomic E-state index is 0.879. The van der Waals surface area contributed by atoms with Gasteiger partial charge in [-0.2, -0.15) is 0 Å². The zero-order chi connectivity index (χ0) is 10.1. The molecule has 3 rings (SSSR count). The molecule has 0 saturated heterocycles. The van der Waals surface area contributed by atoms with Gasteiger partial charge in [0.2, 0.25) is 0 Å². The molecule has 0 fully saturated rings. The molecule has 2 aromatic rings. The van der Waals surface area contributed by atoms with Gasteiger partial charge in [0.15, 0.2) is 0 Å². The fourth-order valence-corrected chi connectivity index (χ4v) is 2.01. The highest BCUT2D eigenvalue weighted by Crippen LogP contribution is 2.21. The molecule has 0 saturated carbocycles. The highest BCUT2D eigenvalue weighted by Gasteiger charge is 2.05. The molecule has 0 aliphatic carbocycles. The van der Waals surface area contributed by atoms with Gasteiger partial charge in [0.25, 0.3) is 0 Å². The molecule has 2 heterocycles. The van der Waals surface area contributed by atoms with Crippen LogP contribution in [0.25, 0.3) is 16.6 Å². The fraction of sp³-hybridized carbons (Fsp3) is 0. The maximum Gasteiger partial charge on any atom is 0.146 e. The van der Waals surface area contributed by atoms with E-state index >= 15 is 0 Å². The van der Waals surface area contributed by atoms with Gasteiger partial charge in [-0.1, -0.05) is 23.9 Å². The summed E-state index contributed by atoms with van der Waals surface area (Å²) < 4.78 is 0. The molecule has 0 amide bonds. The molecule has 15 heavy (non-hydrogen) atoms. The zero-order valence-electron chi connectivity index (χ0n) is 7.90. The number of aromatic nitrogens is 2.